The highest BCUT2D eigenvalue weighted by atomic mass is 16.5. The van der Waals surface area contributed by atoms with Crippen LogP contribution in [0.1, 0.15) is 52.5 Å². The summed E-state index contributed by atoms with van der Waals surface area (Å²) in [6, 6.07) is 10.5. The number of hydrogen-bond donors (Lipinski definition) is 2. The summed E-state index contributed by atoms with van der Waals surface area (Å²) in [6.07, 6.45) is 2.74. The second-order valence-electron chi connectivity index (χ2n) is 5.35. The molecule has 0 unspecified atom stereocenters. The molecule has 0 aliphatic heterocycles. The van der Waals surface area contributed by atoms with Gasteiger partial charge in [0.25, 0.3) is 0 Å². The number of carboxylic acid groups (broad SMARTS) is 2. The van der Waals surface area contributed by atoms with Gasteiger partial charge in [0, 0.05) is 12.0 Å². The first-order chi connectivity index (χ1) is 12.0. The summed E-state index contributed by atoms with van der Waals surface area (Å²) in [7, 11) is 0. The molecule has 0 heterocycles. The van der Waals surface area contributed by atoms with Gasteiger partial charge in [-0.25, -0.2) is 9.59 Å². The lowest BCUT2D eigenvalue weighted by Crippen LogP contribution is -2.01. The molecule has 0 saturated carbocycles. The molecule has 25 heavy (non-hydrogen) atoms. The maximum absolute atomic E-state index is 11.4. The first kappa shape index (κ1) is 18.1. The summed E-state index contributed by atoms with van der Waals surface area (Å²) in [6.45, 7) is 2.07. The molecule has 0 spiro atoms. The largest absolute Gasteiger partial charge is 0.478 e. The molecule has 0 fully saturated rings. The van der Waals surface area contributed by atoms with E-state index in [1.807, 2.05) is 0 Å². The van der Waals surface area contributed by atoms with E-state index in [0.29, 0.717) is 17.1 Å². The highest BCUT2D eigenvalue weighted by molar-refractivity contribution is 5.91. The minimum atomic E-state index is -1.08. The number of carbonyl (C=O) groups is 2. The molecule has 0 radical (unpaired) electrons. The van der Waals surface area contributed by atoms with Crippen LogP contribution in [-0.4, -0.2) is 22.2 Å². The van der Waals surface area contributed by atoms with E-state index in [-0.39, 0.29) is 11.1 Å². The van der Waals surface area contributed by atoms with Gasteiger partial charge in [-0.2, -0.15) is 0 Å². The summed E-state index contributed by atoms with van der Waals surface area (Å²) < 4.78 is 5.60. The average Bonchev–Trinajstić information content (AvgIpc) is 2.60. The molecule has 0 aliphatic carbocycles. The Bertz CT molecular complexity index is 825. The zero-order valence-corrected chi connectivity index (χ0v) is 13.8. The maximum atomic E-state index is 11.4. The standard InChI is InChI=1S/C20H18O5/c1-2-3-4-5-6-14-7-12-17(13-18(14)20(23)24)25-16-10-8-15(9-11-16)19(21)22/h7-13H,2-4H2,1H3,(H,21,22)(H,23,24). The number of benzene rings is 2. The molecular weight excluding hydrogens is 320 g/mol. The summed E-state index contributed by atoms with van der Waals surface area (Å²) in [5.74, 6) is 4.53. The van der Waals surface area contributed by atoms with Crippen molar-refractivity contribution in [2.24, 2.45) is 0 Å². The zero-order chi connectivity index (χ0) is 18.2. The number of carboxylic acids is 2. The van der Waals surface area contributed by atoms with Crippen molar-refractivity contribution < 1.29 is 24.5 Å². The fourth-order valence-electron chi connectivity index (χ4n) is 2.10. The van der Waals surface area contributed by atoms with E-state index < -0.39 is 11.9 Å². The second kappa shape index (κ2) is 8.55. The second-order valence-corrected chi connectivity index (χ2v) is 5.35. The average molecular weight is 338 g/mol. The molecule has 0 atom stereocenters. The van der Waals surface area contributed by atoms with E-state index in [4.69, 9.17) is 9.84 Å². The van der Waals surface area contributed by atoms with Crippen molar-refractivity contribution in [3.05, 3.63) is 59.2 Å². The molecular formula is C20H18O5. The first-order valence-corrected chi connectivity index (χ1v) is 7.88. The van der Waals surface area contributed by atoms with E-state index >= 15 is 0 Å². The van der Waals surface area contributed by atoms with Crippen molar-refractivity contribution in [2.75, 3.05) is 0 Å². The molecule has 0 aromatic heterocycles. The van der Waals surface area contributed by atoms with Crippen LogP contribution in [0.15, 0.2) is 42.5 Å². The Morgan fingerprint density at radius 1 is 1.00 bits per heavy atom. The SMILES string of the molecule is CCCCC#Cc1ccc(Oc2ccc(C(=O)O)cc2)cc1C(=O)O. The molecule has 2 N–H and O–H groups in total. The molecule has 0 amide bonds. The van der Waals surface area contributed by atoms with Gasteiger partial charge in [0.05, 0.1) is 11.1 Å². The Kier molecular flexibility index (Phi) is 6.19. The van der Waals surface area contributed by atoms with Crippen molar-refractivity contribution in [1.29, 1.82) is 0 Å². The van der Waals surface area contributed by atoms with Gasteiger partial charge < -0.3 is 14.9 Å². The Hall–Kier alpha value is -3.26. The van der Waals surface area contributed by atoms with Gasteiger partial charge in [-0.15, -0.1) is 0 Å². The van der Waals surface area contributed by atoms with Crippen LogP contribution in [0.2, 0.25) is 0 Å². The lowest BCUT2D eigenvalue weighted by molar-refractivity contribution is 0.0685. The van der Waals surface area contributed by atoms with Gasteiger partial charge >= 0.3 is 11.9 Å². The zero-order valence-electron chi connectivity index (χ0n) is 13.8. The van der Waals surface area contributed by atoms with Crippen LogP contribution in [0.25, 0.3) is 0 Å². The van der Waals surface area contributed by atoms with Crippen LogP contribution in [0.4, 0.5) is 0 Å². The van der Waals surface area contributed by atoms with Gasteiger partial charge in [0.1, 0.15) is 11.5 Å². The van der Waals surface area contributed by atoms with Crippen LogP contribution in [0.3, 0.4) is 0 Å². The summed E-state index contributed by atoms with van der Waals surface area (Å²) >= 11 is 0. The maximum Gasteiger partial charge on any atom is 0.337 e. The summed E-state index contributed by atoms with van der Waals surface area (Å²) in [5.41, 5.74) is 0.664. The van der Waals surface area contributed by atoms with E-state index in [1.54, 1.807) is 12.1 Å². The third-order valence-electron chi connectivity index (χ3n) is 3.44. The Balaban J connectivity index is 2.21. The van der Waals surface area contributed by atoms with Gasteiger partial charge in [-0.1, -0.05) is 25.2 Å². The minimum Gasteiger partial charge on any atom is -0.478 e. The molecule has 0 aliphatic rings. The smallest absolute Gasteiger partial charge is 0.337 e. The molecule has 5 nitrogen and oxygen atoms in total. The van der Waals surface area contributed by atoms with Crippen LogP contribution in [0.5, 0.6) is 11.5 Å². The van der Waals surface area contributed by atoms with Crippen LogP contribution < -0.4 is 4.74 Å². The number of ether oxygens (including phenoxy) is 1. The molecule has 2 aromatic carbocycles. The molecule has 5 heteroatoms. The van der Waals surface area contributed by atoms with E-state index in [1.165, 1.54) is 30.3 Å². The van der Waals surface area contributed by atoms with Gasteiger partial charge in [-0.05, 0) is 48.9 Å². The van der Waals surface area contributed by atoms with Gasteiger partial charge in [0.2, 0.25) is 0 Å². The fourth-order valence-corrected chi connectivity index (χ4v) is 2.10. The quantitative estimate of drug-likeness (QED) is 0.602. The monoisotopic (exact) mass is 338 g/mol. The highest BCUT2D eigenvalue weighted by Crippen LogP contribution is 2.24. The molecule has 0 bridgehead atoms. The van der Waals surface area contributed by atoms with Crippen molar-refractivity contribution in [1.82, 2.24) is 0 Å². The van der Waals surface area contributed by atoms with Crippen LogP contribution in [0, 0.1) is 11.8 Å². The predicted molar refractivity (Wildman–Crippen MR) is 93.3 cm³/mol. The number of unbranched alkanes of at least 4 members (excludes halogenated alkanes) is 2. The Morgan fingerprint density at radius 3 is 2.28 bits per heavy atom. The molecule has 2 aromatic rings. The van der Waals surface area contributed by atoms with Crippen molar-refractivity contribution in [3.63, 3.8) is 0 Å². The topological polar surface area (TPSA) is 83.8 Å². The third-order valence-corrected chi connectivity index (χ3v) is 3.44. The summed E-state index contributed by atoms with van der Waals surface area (Å²) in [4.78, 5) is 22.3. The number of rotatable bonds is 6. The Labute approximate surface area is 145 Å². The normalized spacial score (nSPS) is 9.80. The van der Waals surface area contributed by atoms with Gasteiger partial charge in [0.15, 0.2) is 0 Å². The molecule has 0 saturated heterocycles. The highest BCUT2D eigenvalue weighted by Gasteiger charge is 2.11. The number of hydrogen-bond acceptors (Lipinski definition) is 3. The molecule has 2 rings (SSSR count). The fraction of sp³-hybridized carbons (Fsp3) is 0.200. The van der Waals surface area contributed by atoms with E-state index in [9.17, 15) is 14.7 Å². The van der Waals surface area contributed by atoms with Crippen molar-refractivity contribution in [2.45, 2.75) is 26.2 Å². The Morgan fingerprint density at radius 2 is 1.68 bits per heavy atom. The third kappa shape index (κ3) is 5.11. The van der Waals surface area contributed by atoms with E-state index in [2.05, 4.69) is 18.8 Å². The minimum absolute atomic E-state index is 0.0728. The lowest BCUT2D eigenvalue weighted by atomic mass is 10.1. The summed E-state index contributed by atoms with van der Waals surface area (Å²) in [5, 5.41) is 18.2. The van der Waals surface area contributed by atoms with Crippen LogP contribution >= 0.6 is 0 Å². The van der Waals surface area contributed by atoms with Gasteiger partial charge in [-0.3, -0.25) is 0 Å². The molecule has 128 valence electrons. The first-order valence-electron chi connectivity index (χ1n) is 7.88. The van der Waals surface area contributed by atoms with E-state index in [0.717, 1.165) is 19.3 Å². The number of aromatic carboxylic acids is 2. The van der Waals surface area contributed by atoms with Crippen molar-refractivity contribution in [3.8, 4) is 23.3 Å². The van der Waals surface area contributed by atoms with Crippen molar-refractivity contribution >= 4 is 11.9 Å². The predicted octanol–water partition coefficient (Wildman–Crippen LogP) is 4.42. The lowest BCUT2D eigenvalue weighted by Gasteiger charge is -2.08. The van der Waals surface area contributed by atoms with Crippen LogP contribution in [-0.2, 0) is 0 Å².